The van der Waals surface area contributed by atoms with Crippen LogP contribution in [0.3, 0.4) is 0 Å². The summed E-state index contributed by atoms with van der Waals surface area (Å²) in [4.78, 5) is 0. The number of halogens is 1. The molecule has 0 fully saturated rings. The maximum absolute atomic E-state index is 11.5. The van der Waals surface area contributed by atoms with Crippen LogP contribution in [0.5, 0.6) is 0 Å². The summed E-state index contributed by atoms with van der Waals surface area (Å²) < 4.78 is 1.14. The Kier molecular flexibility index (Phi) is 4.01. The Labute approximate surface area is 86.9 Å². The number of hydrogen-bond donors (Lipinski definition) is 0. The third-order valence-corrected chi connectivity index (χ3v) is 2.44. The fraction of sp³-hybridized carbons (Fsp3) is 0.400. The molecule has 2 heteroatoms. The first kappa shape index (κ1) is 9.99. The van der Waals surface area contributed by atoms with Crippen molar-refractivity contribution in [1.29, 1.82) is 0 Å². The zero-order chi connectivity index (χ0) is 8.97. The van der Waals surface area contributed by atoms with E-state index in [9.17, 15) is 5.11 Å². The first-order valence-electron chi connectivity index (χ1n) is 4.15. The van der Waals surface area contributed by atoms with Gasteiger partial charge in [-0.05, 0) is 46.7 Å². The molecule has 1 rings (SSSR count). The zero-order valence-electron chi connectivity index (χ0n) is 7.09. The Balaban J connectivity index is 2.73. The van der Waals surface area contributed by atoms with Gasteiger partial charge in [0.1, 0.15) is 6.10 Å². The van der Waals surface area contributed by atoms with E-state index in [-0.39, 0.29) is 0 Å². The highest BCUT2D eigenvalue weighted by atomic mass is 127. The molecule has 0 saturated heterocycles. The largest absolute Gasteiger partial charge is 0.228 e. The molecule has 1 aromatic carbocycles. The molecule has 0 N–H and O–H groups in total. The standard InChI is InChI=1S/C10H12IO/c1-2-4-10(12)8-5-3-6-9(11)7-8/h3,5-7,10H,2,4H2,1H3. The fourth-order valence-electron chi connectivity index (χ4n) is 1.14. The topological polar surface area (TPSA) is 19.9 Å². The lowest BCUT2D eigenvalue weighted by Crippen LogP contribution is -1.94. The van der Waals surface area contributed by atoms with Crippen molar-refractivity contribution in [1.82, 2.24) is 0 Å². The van der Waals surface area contributed by atoms with Crippen molar-refractivity contribution in [3.63, 3.8) is 0 Å². The van der Waals surface area contributed by atoms with Gasteiger partial charge in [-0.15, -0.1) is 0 Å². The van der Waals surface area contributed by atoms with Crippen molar-refractivity contribution in [2.75, 3.05) is 0 Å². The average Bonchev–Trinajstić information content (AvgIpc) is 2.05. The summed E-state index contributed by atoms with van der Waals surface area (Å²) in [5.41, 5.74) is 0.920. The van der Waals surface area contributed by atoms with Gasteiger partial charge in [0.25, 0.3) is 0 Å². The van der Waals surface area contributed by atoms with Gasteiger partial charge in [0.05, 0.1) is 0 Å². The van der Waals surface area contributed by atoms with E-state index in [1.807, 2.05) is 31.2 Å². The number of benzene rings is 1. The Hall–Kier alpha value is -0.0900. The van der Waals surface area contributed by atoms with Crippen LogP contribution in [-0.4, -0.2) is 0 Å². The molecule has 0 aliphatic heterocycles. The minimum Gasteiger partial charge on any atom is -0.228 e. The minimum atomic E-state index is -0.537. The van der Waals surface area contributed by atoms with E-state index in [1.165, 1.54) is 0 Å². The van der Waals surface area contributed by atoms with Crippen LogP contribution in [0.2, 0.25) is 0 Å². The minimum absolute atomic E-state index is 0.537. The molecule has 1 unspecified atom stereocenters. The molecular formula is C10H12IO. The highest BCUT2D eigenvalue weighted by Crippen LogP contribution is 2.20. The second-order valence-corrected chi connectivity index (χ2v) is 4.08. The molecule has 65 valence electrons. The van der Waals surface area contributed by atoms with Crippen molar-refractivity contribution in [3.8, 4) is 0 Å². The van der Waals surface area contributed by atoms with Gasteiger partial charge in [-0.25, -0.2) is 5.11 Å². The normalized spacial score (nSPS) is 12.9. The van der Waals surface area contributed by atoms with Crippen LogP contribution in [0.1, 0.15) is 31.4 Å². The van der Waals surface area contributed by atoms with Gasteiger partial charge in [-0.2, -0.15) is 0 Å². The summed E-state index contributed by atoms with van der Waals surface area (Å²) in [7, 11) is 0. The molecule has 0 heterocycles. The lowest BCUT2D eigenvalue weighted by molar-refractivity contribution is 0.0805. The molecular weight excluding hydrogens is 263 g/mol. The fourth-order valence-corrected chi connectivity index (χ4v) is 1.70. The van der Waals surface area contributed by atoms with Crippen LogP contribution in [0.15, 0.2) is 24.3 Å². The van der Waals surface area contributed by atoms with E-state index < -0.39 is 6.10 Å². The van der Waals surface area contributed by atoms with E-state index in [1.54, 1.807) is 0 Å². The summed E-state index contributed by atoms with van der Waals surface area (Å²) in [6, 6.07) is 7.82. The Morgan fingerprint density at radius 2 is 2.25 bits per heavy atom. The van der Waals surface area contributed by atoms with Gasteiger partial charge in [0, 0.05) is 3.57 Å². The first-order chi connectivity index (χ1) is 5.74. The third-order valence-electron chi connectivity index (χ3n) is 1.77. The van der Waals surface area contributed by atoms with Gasteiger partial charge in [-0.3, -0.25) is 0 Å². The van der Waals surface area contributed by atoms with Crippen molar-refractivity contribution in [3.05, 3.63) is 33.4 Å². The van der Waals surface area contributed by atoms with Crippen LogP contribution < -0.4 is 0 Å². The van der Waals surface area contributed by atoms with Crippen LogP contribution in [0.25, 0.3) is 0 Å². The molecule has 1 atom stereocenters. The molecule has 0 aliphatic carbocycles. The van der Waals surface area contributed by atoms with E-state index in [0.717, 1.165) is 22.0 Å². The van der Waals surface area contributed by atoms with Crippen LogP contribution in [0, 0.1) is 3.57 Å². The highest BCUT2D eigenvalue weighted by Gasteiger charge is 2.07. The molecule has 1 nitrogen and oxygen atoms in total. The monoisotopic (exact) mass is 275 g/mol. The molecule has 12 heavy (non-hydrogen) atoms. The Morgan fingerprint density at radius 1 is 1.50 bits per heavy atom. The van der Waals surface area contributed by atoms with E-state index >= 15 is 0 Å². The maximum atomic E-state index is 11.5. The second-order valence-electron chi connectivity index (χ2n) is 2.83. The van der Waals surface area contributed by atoms with Gasteiger partial charge in [-0.1, -0.05) is 25.5 Å². The lowest BCUT2D eigenvalue weighted by atomic mass is 10.1. The lowest BCUT2D eigenvalue weighted by Gasteiger charge is -2.06. The van der Waals surface area contributed by atoms with E-state index in [0.29, 0.717) is 0 Å². The smallest absolute Gasteiger partial charge is 0.118 e. The zero-order valence-corrected chi connectivity index (χ0v) is 9.24. The summed E-state index contributed by atoms with van der Waals surface area (Å²) in [5, 5.41) is 11.5. The molecule has 1 aromatic rings. The molecule has 0 bridgehead atoms. The molecule has 0 aliphatic rings. The SMILES string of the molecule is CCCC([O])c1cccc(I)c1. The van der Waals surface area contributed by atoms with Crippen molar-refractivity contribution in [2.24, 2.45) is 0 Å². The van der Waals surface area contributed by atoms with Gasteiger partial charge in [0.2, 0.25) is 0 Å². The Morgan fingerprint density at radius 3 is 2.83 bits per heavy atom. The Bertz CT molecular complexity index is 247. The summed E-state index contributed by atoms with van der Waals surface area (Å²) in [5.74, 6) is 0. The quantitative estimate of drug-likeness (QED) is 0.752. The molecule has 0 spiro atoms. The van der Waals surface area contributed by atoms with E-state index in [2.05, 4.69) is 22.6 Å². The average molecular weight is 275 g/mol. The van der Waals surface area contributed by atoms with Gasteiger partial charge >= 0.3 is 0 Å². The maximum Gasteiger partial charge on any atom is 0.118 e. The summed E-state index contributed by atoms with van der Waals surface area (Å²) in [6.07, 6.45) is 1.16. The molecule has 0 amide bonds. The second kappa shape index (κ2) is 4.82. The van der Waals surface area contributed by atoms with Gasteiger partial charge in [0.15, 0.2) is 0 Å². The first-order valence-corrected chi connectivity index (χ1v) is 5.23. The van der Waals surface area contributed by atoms with E-state index in [4.69, 9.17) is 0 Å². The number of rotatable bonds is 3. The molecule has 0 aromatic heterocycles. The summed E-state index contributed by atoms with van der Waals surface area (Å²) >= 11 is 2.23. The van der Waals surface area contributed by atoms with Crippen molar-refractivity contribution < 1.29 is 5.11 Å². The number of hydrogen-bond acceptors (Lipinski definition) is 0. The third kappa shape index (κ3) is 2.75. The highest BCUT2D eigenvalue weighted by molar-refractivity contribution is 14.1. The summed E-state index contributed by atoms with van der Waals surface area (Å²) in [6.45, 7) is 2.04. The molecule has 1 radical (unpaired) electrons. The molecule has 0 saturated carbocycles. The van der Waals surface area contributed by atoms with Crippen LogP contribution in [-0.2, 0) is 5.11 Å². The predicted molar refractivity (Wildman–Crippen MR) is 57.5 cm³/mol. The predicted octanol–water partition coefficient (Wildman–Crippen LogP) is 3.56. The van der Waals surface area contributed by atoms with Crippen LogP contribution in [0.4, 0.5) is 0 Å². The van der Waals surface area contributed by atoms with Crippen LogP contribution >= 0.6 is 22.6 Å². The van der Waals surface area contributed by atoms with Crippen molar-refractivity contribution >= 4 is 22.6 Å². The van der Waals surface area contributed by atoms with Crippen molar-refractivity contribution in [2.45, 2.75) is 25.9 Å². The van der Waals surface area contributed by atoms with Gasteiger partial charge < -0.3 is 0 Å².